The maximum atomic E-state index is 13.0. The van der Waals surface area contributed by atoms with Crippen LogP contribution in [0.25, 0.3) is 0 Å². The first kappa shape index (κ1) is 19.1. The van der Waals surface area contributed by atoms with E-state index in [1.165, 1.54) is 16.4 Å². The van der Waals surface area contributed by atoms with Gasteiger partial charge >= 0.3 is 0 Å². The van der Waals surface area contributed by atoms with Gasteiger partial charge in [0.2, 0.25) is 10.0 Å². The number of piperazine rings is 1. The van der Waals surface area contributed by atoms with Crippen LogP contribution in [0.15, 0.2) is 24.3 Å². The van der Waals surface area contributed by atoms with Crippen LogP contribution < -0.4 is 4.90 Å². The van der Waals surface area contributed by atoms with Crippen LogP contribution in [0.5, 0.6) is 0 Å². The normalized spacial score (nSPS) is 16.3. The molecule has 1 aliphatic rings. The van der Waals surface area contributed by atoms with Gasteiger partial charge in [-0.1, -0.05) is 0 Å². The van der Waals surface area contributed by atoms with E-state index in [4.69, 9.17) is 11.6 Å². The van der Waals surface area contributed by atoms with Crippen LogP contribution in [-0.4, -0.2) is 56.3 Å². The molecule has 0 unspecified atom stereocenters. The zero-order valence-electron chi connectivity index (χ0n) is 13.5. The summed E-state index contributed by atoms with van der Waals surface area (Å²) in [5.74, 6) is -0.522. The minimum Gasteiger partial charge on any atom is -0.369 e. The van der Waals surface area contributed by atoms with Gasteiger partial charge in [-0.05, 0) is 37.1 Å². The second-order valence-corrected chi connectivity index (χ2v) is 8.15. The number of carbonyl (C=O) groups is 1. The highest BCUT2D eigenvalue weighted by molar-refractivity contribution is 7.89. The van der Waals surface area contributed by atoms with E-state index >= 15 is 0 Å². The van der Waals surface area contributed by atoms with E-state index in [1.54, 1.807) is 12.1 Å². The predicted molar refractivity (Wildman–Crippen MR) is 93.6 cm³/mol. The molecule has 1 saturated heterocycles. The summed E-state index contributed by atoms with van der Waals surface area (Å²) < 4.78 is 39.0. The number of hydrogen-bond acceptors (Lipinski definition) is 4. The Bertz CT molecular complexity index is 644. The second kappa shape index (κ2) is 8.78. The van der Waals surface area contributed by atoms with Gasteiger partial charge in [0.15, 0.2) is 0 Å². The highest BCUT2D eigenvalue weighted by Gasteiger charge is 2.28. The highest BCUT2D eigenvalue weighted by atomic mass is 35.5. The standard InChI is InChI=1S/C16H22ClFN2O3S/c17-8-2-1-3-16(21)13-24(22,23)20-11-9-19(10-12-20)15-6-4-14(18)5-7-15/h4-7H,1-3,8-13H2. The number of ketones is 1. The number of alkyl halides is 1. The van der Waals surface area contributed by atoms with Gasteiger partial charge in [-0.25, -0.2) is 12.8 Å². The summed E-state index contributed by atoms with van der Waals surface area (Å²) in [6.45, 7) is 1.69. The number of benzene rings is 1. The summed E-state index contributed by atoms with van der Waals surface area (Å²) in [5.41, 5.74) is 0.866. The molecule has 1 fully saturated rings. The van der Waals surface area contributed by atoms with Gasteiger partial charge in [0, 0.05) is 44.2 Å². The third-order valence-electron chi connectivity index (χ3n) is 4.01. The van der Waals surface area contributed by atoms with Crippen molar-refractivity contribution in [1.29, 1.82) is 0 Å². The van der Waals surface area contributed by atoms with Crippen LogP contribution in [-0.2, 0) is 14.8 Å². The monoisotopic (exact) mass is 376 g/mol. The number of rotatable bonds is 8. The molecule has 2 rings (SSSR count). The third kappa shape index (κ3) is 5.43. The fourth-order valence-corrected chi connectivity index (χ4v) is 4.30. The Morgan fingerprint density at radius 3 is 2.29 bits per heavy atom. The Balaban J connectivity index is 1.86. The van der Waals surface area contributed by atoms with E-state index in [1.807, 2.05) is 4.90 Å². The topological polar surface area (TPSA) is 57.7 Å². The average molecular weight is 377 g/mol. The summed E-state index contributed by atoms with van der Waals surface area (Å²) in [6, 6.07) is 6.13. The quantitative estimate of drug-likeness (QED) is 0.516. The van der Waals surface area contributed by atoms with Crippen molar-refractivity contribution in [2.45, 2.75) is 19.3 Å². The molecular formula is C16H22ClFN2O3S. The summed E-state index contributed by atoms with van der Waals surface area (Å²) >= 11 is 5.55. The van der Waals surface area contributed by atoms with Crippen LogP contribution in [0.3, 0.4) is 0 Å². The number of unbranched alkanes of at least 4 members (excludes halogenated alkanes) is 1. The fourth-order valence-electron chi connectivity index (χ4n) is 2.66. The Morgan fingerprint density at radius 1 is 1.08 bits per heavy atom. The molecule has 5 nitrogen and oxygen atoms in total. The van der Waals surface area contributed by atoms with Crippen molar-refractivity contribution in [2.75, 3.05) is 42.7 Å². The van der Waals surface area contributed by atoms with Gasteiger partial charge in [0.25, 0.3) is 0 Å². The third-order valence-corrected chi connectivity index (χ3v) is 6.11. The lowest BCUT2D eigenvalue weighted by atomic mass is 10.2. The summed E-state index contributed by atoms with van der Waals surface area (Å²) in [5, 5.41) is 0. The zero-order valence-corrected chi connectivity index (χ0v) is 15.0. The molecule has 0 spiro atoms. The fraction of sp³-hybridized carbons (Fsp3) is 0.562. The van der Waals surface area contributed by atoms with Crippen molar-refractivity contribution in [3.05, 3.63) is 30.1 Å². The molecule has 1 heterocycles. The van der Waals surface area contributed by atoms with Gasteiger partial charge in [0.1, 0.15) is 17.4 Å². The number of carbonyl (C=O) groups excluding carboxylic acids is 1. The number of hydrogen-bond donors (Lipinski definition) is 0. The summed E-state index contributed by atoms with van der Waals surface area (Å²) in [7, 11) is -3.57. The van der Waals surface area contributed by atoms with Gasteiger partial charge in [0.05, 0.1) is 0 Å². The summed E-state index contributed by atoms with van der Waals surface area (Å²) in [4.78, 5) is 13.8. The molecule has 0 saturated carbocycles. The van der Waals surface area contributed by atoms with Crippen LogP contribution in [0, 0.1) is 5.82 Å². The first-order valence-corrected chi connectivity index (χ1v) is 10.1. The van der Waals surface area contributed by atoms with Crippen LogP contribution in [0.2, 0.25) is 0 Å². The molecule has 0 N–H and O–H groups in total. The lowest BCUT2D eigenvalue weighted by Gasteiger charge is -2.35. The SMILES string of the molecule is O=C(CCCCCl)CS(=O)(=O)N1CCN(c2ccc(F)cc2)CC1. The molecule has 1 aliphatic heterocycles. The van der Waals surface area contributed by atoms with Crippen molar-refractivity contribution in [3.8, 4) is 0 Å². The zero-order chi connectivity index (χ0) is 17.6. The molecule has 0 aromatic heterocycles. The predicted octanol–water partition coefficient (Wildman–Crippen LogP) is 2.26. The second-order valence-electron chi connectivity index (χ2n) is 5.80. The number of nitrogens with zero attached hydrogens (tertiary/aromatic N) is 2. The molecule has 0 amide bonds. The Labute approximate surface area is 147 Å². The van der Waals surface area contributed by atoms with E-state index in [2.05, 4.69) is 0 Å². The maximum Gasteiger partial charge on any atom is 0.221 e. The average Bonchev–Trinajstić information content (AvgIpc) is 2.55. The number of Topliss-reactive ketones (excluding diaryl/α,β-unsaturated/α-hetero) is 1. The Hall–Kier alpha value is -1.18. The highest BCUT2D eigenvalue weighted by Crippen LogP contribution is 2.18. The van der Waals surface area contributed by atoms with Gasteiger partial charge < -0.3 is 4.90 Å². The van der Waals surface area contributed by atoms with Crippen molar-refractivity contribution in [1.82, 2.24) is 4.31 Å². The van der Waals surface area contributed by atoms with Gasteiger partial charge in [-0.2, -0.15) is 4.31 Å². The molecule has 8 heteroatoms. The molecule has 1 aromatic carbocycles. The largest absolute Gasteiger partial charge is 0.369 e. The molecule has 0 bridgehead atoms. The van der Waals surface area contributed by atoms with Crippen molar-refractivity contribution >= 4 is 33.1 Å². The van der Waals surface area contributed by atoms with Crippen LogP contribution in [0.1, 0.15) is 19.3 Å². The molecule has 1 aromatic rings. The van der Waals surface area contributed by atoms with Crippen LogP contribution >= 0.6 is 11.6 Å². The molecule has 134 valence electrons. The van der Waals surface area contributed by atoms with Crippen LogP contribution in [0.4, 0.5) is 10.1 Å². The van der Waals surface area contributed by atoms with E-state index in [-0.39, 0.29) is 18.0 Å². The lowest BCUT2D eigenvalue weighted by Crippen LogP contribution is -2.50. The van der Waals surface area contributed by atoms with Gasteiger partial charge in [-0.15, -0.1) is 11.6 Å². The van der Waals surface area contributed by atoms with E-state index < -0.39 is 15.8 Å². The van der Waals surface area contributed by atoms with Gasteiger partial charge in [-0.3, -0.25) is 4.79 Å². The first-order valence-electron chi connectivity index (χ1n) is 7.98. The minimum absolute atomic E-state index is 0.251. The minimum atomic E-state index is -3.57. The lowest BCUT2D eigenvalue weighted by molar-refractivity contribution is -0.116. The van der Waals surface area contributed by atoms with Crippen molar-refractivity contribution in [2.24, 2.45) is 0 Å². The molecule has 0 aliphatic carbocycles. The number of halogens is 2. The number of anilines is 1. The first-order chi connectivity index (χ1) is 11.4. The molecule has 0 radical (unpaired) electrons. The van der Waals surface area contributed by atoms with Crippen molar-refractivity contribution in [3.63, 3.8) is 0 Å². The summed E-state index contributed by atoms with van der Waals surface area (Å²) in [6.07, 6.45) is 1.58. The Kier molecular flexibility index (Phi) is 7.01. The Morgan fingerprint density at radius 2 is 1.71 bits per heavy atom. The van der Waals surface area contributed by atoms with Crippen molar-refractivity contribution < 1.29 is 17.6 Å². The molecule has 24 heavy (non-hydrogen) atoms. The molecular weight excluding hydrogens is 355 g/mol. The molecule has 0 atom stereocenters. The smallest absolute Gasteiger partial charge is 0.221 e. The van der Waals surface area contributed by atoms with E-state index in [0.29, 0.717) is 44.9 Å². The van der Waals surface area contributed by atoms with E-state index in [0.717, 1.165) is 5.69 Å². The maximum absolute atomic E-state index is 13.0. The van der Waals surface area contributed by atoms with E-state index in [9.17, 15) is 17.6 Å². The number of sulfonamides is 1.